The smallest absolute Gasteiger partial charge is 0.163 e. The van der Waals surface area contributed by atoms with Gasteiger partial charge in [-0.3, -0.25) is 4.98 Å². The molecule has 0 bridgehead atoms. The minimum absolute atomic E-state index is 0.402. The summed E-state index contributed by atoms with van der Waals surface area (Å²) < 4.78 is 19.0. The van der Waals surface area contributed by atoms with E-state index in [0.29, 0.717) is 24.5 Å². The van der Waals surface area contributed by atoms with Gasteiger partial charge in [0.2, 0.25) is 0 Å². The van der Waals surface area contributed by atoms with Crippen LogP contribution in [-0.2, 0) is 19.4 Å². The van der Waals surface area contributed by atoms with Crippen LogP contribution in [0.2, 0.25) is 0 Å². The van der Waals surface area contributed by atoms with Crippen molar-refractivity contribution in [1.29, 1.82) is 0 Å². The first-order valence-electron chi connectivity index (χ1n) is 10.3. The fourth-order valence-electron chi connectivity index (χ4n) is 3.98. The third kappa shape index (κ3) is 3.94. The number of hydrogen-bond acceptors (Lipinski definition) is 6. The number of pyridine rings is 1. The quantitative estimate of drug-likeness (QED) is 0.444. The van der Waals surface area contributed by atoms with Crippen molar-refractivity contribution in [3.8, 4) is 17.1 Å². The molecule has 8 heteroatoms. The number of ether oxygens (including phenoxy) is 1. The Balaban J connectivity index is 1.40. The van der Waals surface area contributed by atoms with Gasteiger partial charge in [-0.15, -0.1) is 0 Å². The molecule has 0 spiro atoms. The van der Waals surface area contributed by atoms with Crippen LogP contribution in [0.25, 0.3) is 22.3 Å². The van der Waals surface area contributed by atoms with Gasteiger partial charge >= 0.3 is 0 Å². The van der Waals surface area contributed by atoms with E-state index in [1.54, 1.807) is 13.3 Å². The van der Waals surface area contributed by atoms with E-state index in [-0.39, 0.29) is 0 Å². The van der Waals surface area contributed by atoms with Gasteiger partial charge < -0.3 is 20.4 Å². The van der Waals surface area contributed by atoms with Gasteiger partial charge in [0, 0.05) is 47.5 Å². The third-order valence-corrected chi connectivity index (χ3v) is 5.56. The average Bonchev–Trinajstić information content (AvgIpc) is 3.21. The van der Waals surface area contributed by atoms with Gasteiger partial charge in [-0.1, -0.05) is 0 Å². The molecule has 1 aromatic carbocycles. The number of aromatic nitrogens is 4. The van der Waals surface area contributed by atoms with E-state index in [4.69, 9.17) is 9.72 Å². The van der Waals surface area contributed by atoms with Crippen LogP contribution < -0.4 is 15.4 Å². The normalized spacial score (nSPS) is 13.2. The Hall–Kier alpha value is -3.52. The van der Waals surface area contributed by atoms with Crippen molar-refractivity contribution in [2.75, 3.05) is 25.5 Å². The SMILES string of the molecule is COc1ccc2[nH]cc(CCNc3nc(-c4cncc(F)c4)nc4c3CCNC4)c2c1. The van der Waals surface area contributed by atoms with Crippen LogP contribution in [0.1, 0.15) is 16.8 Å². The minimum atomic E-state index is -0.402. The first kappa shape index (κ1) is 19.4. The summed E-state index contributed by atoms with van der Waals surface area (Å²) in [7, 11) is 1.67. The highest BCUT2D eigenvalue weighted by molar-refractivity contribution is 5.84. The van der Waals surface area contributed by atoms with Crippen LogP contribution in [-0.4, -0.2) is 40.1 Å². The van der Waals surface area contributed by atoms with Crippen LogP contribution >= 0.6 is 0 Å². The standard InChI is InChI=1S/C23H23FN6O/c1-31-17-2-3-20-19(9-17)14(11-28-20)4-7-27-23-18-5-6-25-13-21(18)29-22(30-23)15-8-16(24)12-26-10-15/h2-3,8-12,25,28H,4-7,13H2,1H3,(H,27,29,30). The van der Waals surface area contributed by atoms with Crippen LogP contribution in [0.5, 0.6) is 5.75 Å². The molecular formula is C23H23FN6O. The molecule has 0 saturated heterocycles. The number of benzene rings is 1. The molecule has 4 heterocycles. The van der Waals surface area contributed by atoms with E-state index >= 15 is 0 Å². The Morgan fingerprint density at radius 1 is 1.19 bits per heavy atom. The van der Waals surface area contributed by atoms with E-state index in [9.17, 15) is 4.39 Å². The molecule has 5 rings (SSSR count). The number of rotatable bonds is 6. The molecule has 3 N–H and O–H groups in total. The van der Waals surface area contributed by atoms with Crippen molar-refractivity contribution in [2.24, 2.45) is 0 Å². The molecule has 0 radical (unpaired) electrons. The van der Waals surface area contributed by atoms with Gasteiger partial charge in [-0.2, -0.15) is 0 Å². The first-order chi connectivity index (χ1) is 15.2. The number of aromatic amines is 1. The van der Waals surface area contributed by atoms with E-state index in [2.05, 4.69) is 31.7 Å². The zero-order chi connectivity index (χ0) is 21.2. The highest BCUT2D eigenvalue weighted by Crippen LogP contribution is 2.26. The van der Waals surface area contributed by atoms with Crippen molar-refractivity contribution >= 4 is 16.7 Å². The highest BCUT2D eigenvalue weighted by Gasteiger charge is 2.18. The lowest BCUT2D eigenvalue weighted by molar-refractivity contribution is 0.415. The molecule has 7 nitrogen and oxygen atoms in total. The van der Waals surface area contributed by atoms with Gasteiger partial charge in [-0.25, -0.2) is 14.4 Å². The fourth-order valence-corrected chi connectivity index (χ4v) is 3.98. The summed E-state index contributed by atoms with van der Waals surface area (Å²) in [5.74, 6) is 1.73. The molecule has 1 aliphatic rings. The van der Waals surface area contributed by atoms with E-state index < -0.39 is 5.82 Å². The molecular weight excluding hydrogens is 395 g/mol. The third-order valence-electron chi connectivity index (χ3n) is 5.56. The lowest BCUT2D eigenvalue weighted by atomic mass is 10.1. The van der Waals surface area contributed by atoms with E-state index in [1.165, 1.54) is 17.8 Å². The van der Waals surface area contributed by atoms with Gasteiger partial charge in [0.05, 0.1) is 19.0 Å². The van der Waals surface area contributed by atoms with Crippen molar-refractivity contribution in [1.82, 2.24) is 25.3 Å². The summed E-state index contributed by atoms with van der Waals surface area (Å²) in [5.41, 5.74) is 4.93. The molecule has 0 amide bonds. The topological polar surface area (TPSA) is 87.8 Å². The number of H-pyrrole nitrogens is 1. The lowest BCUT2D eigenvalue weighted by Gasteiger charge is -2.20. The summed E-state index contributed by atoms with van der Waals surface area (Å²) in [6, 6.07) is 7.44. The van der Waals surface area contributed by atoms with Gasteiger partial charge in [0.25, 0.3) is 0 Å². The number of methoxy groups -OCH3 is 1. The maximum absolute atomic E-state index is 13.7. The molecule has 4 aromatic rings. The van der Waals surface area contributed by atoms with Crippen LogP contribution in [0.4, 0.5) is 10.2 Å². The molecule has 0 atom stereocenters. The molecule has 0 unspecified atom stereocenters. The molecule has 31 heavy (non-hydrogen) atoms. The Morgan fingerprint density at radius 3 is 3.00 bits per heavy atom. The van der Waals surface area contributed by atoms with Crippen LogP contribution in [0.3, 0.4) is 0 Å². The zero-order valence-electron chi connectivity index (χ0n) is 17.2. The Bertz CT molecular complexity index is 1240. The Labute approximate surface area is 179 Å². The predicted octanol–water partition coefficient (Wildman–Crippen LogP) is 3.47. The monoisotopic (exact) mass is 418 g/mol. The zero-order valence-corrected chi connectivity index (χ0v) is 17.2. The molecule has 0 saturated carbocycles. The van der Waals surface area contributed by atoms with Gasteiger partial charge in [0.15, 0.2) is 5.82 Å². The highest BCUT2D eigenvalue weighted by atomic mass is 19.1. The van der Waals surface area contributed by atoms with Crippen molar-refractivity contribution < 1.29 is 9.13 Å². The minimum Gasteiger partial charge on any atom is -0.497 e. The fraction of sp³-hybridized carbons (Fsp3) is 0.261. The van der Waals surface area contributed by atoms with Crippen LogP contribution in [0, 0.1) is 5.82 Å². The second-order valence-corrected chi connectivity index (χ2v) is 7.54. The number of nitrogens with zero attached hydrogens (tertiary/aromatic N) is 3. The number of anilines is 1. The van der Waals surface area contributed by atoms with E-state index in [1.807, 2.05) is 18.3 Å². The van der Waals surface area contributed by atoms with Gasteiger partial charge in [0.1, 0.15) is 17.4 Å². The molecule has 1 aliphatic heterocycles. The molecule has 3 aromatic heterocycles. The average molecular weight is 418 g/mol. The maximum atomic E-state index is 13.7. The molecule has 158 valence electrons. The largest absolute Gasteiger partial charge is 0.497 e. The molecule has 0 aliphatic carbocycles. The summed E-state index contributed by atoms with van der Waals surface area (Å²) in [6.07, 6.45) is 6.47. The predicted molar refractivity (Wildman–Crippen MR) is 118 cm³/mol. The summed E-state index contributed by atoms with van der Waals surface area (Å²) in [6.45, 7) is 2.26. The van der Waals surface area contributed by atoms with Crippen molar-refractivity contribution in [2.45, 2.75) is 19.4 Å². The second-order valence-electron chi connectivity index (χ2n) is 7.54. The van der Waals surface area contributed by atoms with Crippen LogP contribution in [0.15, 0.2) is 42.9 Å². The maximum Gasteiger partial charge on any atom is 0.163 e. The summed E-state index contributed by atoms with van der Waals surface area (Å²) >= 11 is 0. The number of hydrogen-bond donors (Lipinski definition) is 3. The first-order valence-corrected chi connectivity index (χ1v) is 10.3. The number of halogens is 1. The van der Waals surface area contributed by atoms with Crippen molar-refractivity contribution in [3.63, 3.8) is 0 Å². The lowest BCUT2D eigenvalue weighted by Crippen LogP contribution is -2.27. The van der Waals surface area contributed by atoms with Crippen molar-refractivity contribution in [3.05, 3.63) is 65.5 Å². The second kappa shape index (κ2) is 8.31. The molecule has 0 fully saturated rings. The summed E-state index contributed by atoms with van der Waals surface area (Å²) in [5, 5.41) is 7.99. The van der Waals surface area contributed by atoms with E-state index in [0.717, 1.165) is 53.1 Å². The van der Waals surface area contributed by atoms with Gasteiger partial charge in [-0.05, 0) is 49.2 Å². The number of nitrogens with one attached hydrogen (secondary N) is 3. The summed E-state index contributed by atoms with van der Waals surface area (Å²) in [4.78, 5) is 16.6. The Morgan fingerprint density at radius 2 is 2.13 bits per heavy atom. The Kier molecular flexibility index (Phi) is 5.21. The number of fused-ring (bicyclic) bond motifs is 2.